The number of para-hydroxylation sites is 2. The molecule has 0 aliphatic rings. The maximum atomic E-state index is 2.34. The predicted molar refractivity (Wildman–Crippen MR) is 150 cm³/mol. The average Bonchev–Trinajstić information content (AvgIpc) is 2.93. The van der Waals surface area contributed by atoms with Crippen molar-refractivity contribution in [2.45, 2.75) is 0 Å². The van der Waals surface area contributed by atoms with Crippen LogP contribution in [0.1, 0.15) is 0 Å². The summed E-state index contributed by atoms with van der Waals surface area (Å²) in [6.07, 6.45) is 0. The van der Waals surface area contributed by atoms with Gasteiger partial charge in [0, 0.05) is 17.1 Å². The zero-order valence-electron chi connectivity index (χ0n) is 19.2. The van der Waals surface area contributed by atoms with Crippen LogP contribution in [0.5, 0.6) is 0 Å². The molecule has 0 fully saturated rings. The van der Waals surface area contributed by atoms with E-state index < -0.39 is 0 Å². The van der Waals surface area contributed by atoms with Gasteiger partial charge in [-0.1, -0.05) is 91.0 Å². The highest BCUT2D eigenvalue weighted by atomic mass is 15.1. The smallest absolute Gasteiger partial charge is 0.0473 e. The molecule has 7 aromatic carbocycles. The molecule has 1 nitrogen and oxygen atoms in total. The van der Waals surface area contributed by atoms with E-state index in [0.717, 1.165) is 11.4 Å². The molecule has 0 aliphatic carbocycles. The molecular formula is C34H23N. The summed E-state index contributed by atoms with van der Waals surface area (Å²) in [6.45, 7) is 0. The van der Waals surface area contributed by atoms with E-state index in [1.807, 2.05) is 0 Å². The standard InChI is InChI=1S/C34H23N/c1-4-10-24(11-5-1)29-20-25-16-18-27-22-32(23-28-19-17-26(21-29)33(25)34(27)28)35(30-12-6-2-7-13-30)31-14-8-3-9-15-31/h1-23H. The third-order valence-corrected chi connectivity index (χ3v) is 6.91. The van der Waals surface area contributed by atoms with E-state index >= 15 is 0 Å². The molecule has 0 heterocycles. The van der Waals surface area contributed by atoms with E-state index in [0.29, 0.717) is 0 Å². The minimum absolute atomic E-state index is 1.15. The first-order valence-corrected chi connectivity index (χ1v) is 12.0. The fourth-order valence-electron chi connectivity index (χ4n) is 5.35. The van der Waals surface area contributed by atoms with Crippen molar-refractivity contribution in [3.63, 3.8) is 0 Å². The van der Waals surface area contributed by atoms with Crippen molar-refractivity contribution in [2.75, 3.05) is 4.90 Å². The van der Waals surface area contributed by atoms with E-state index in [4.69, 9.17) is 0 Å². The quantitative estimate of drug-likeness (QED) is 0.244. The number of rotatable bonds is 4. The van der Waals surface area contributed by atoms with Gasteiger partial charge in [-0.25, -0.2) is 0 Å². The van der Waals surface area contributed by atoms with Gasteiger partial charge >= 0.3 is 0 Å². The van der Waals surface area contributed by atoms with Crippen LogP contribution in [0.2, 0.25) is 0 Å². The van der Waals surface area contributed by atoms with Crippen LogP contribution < -0.4 is 4.90 Å². The van der Waals surface area contributed by atoms with Gasteiger partial charge in [0.25, 0.3) is 0 Å². The Morgan fingerprint density at radius 2 is 0.714 bits per heavy atom. The summed E-state index contributed by atoms with van der Waals surface area (Å²) in [4.78, 5) is 2.34. The minimum atomic E-state index is 1.15. The van der Waals surface area contributed by atoms with Crippen molar-refractivity contribution in [2.24, 2.45) is 0 Å². The summed E-state index contributed by atoms with van der Waals surface area (Å²) in [6, 6.07) is 50.2. The number of hydrogen-bond donors (Lipinski definition) is 0. The molecule has 0 saturated heterocycles. The Hall–Kier alpha value is -4.62. The van der Waals surface area contributed by atoms with Crippen molar-refractivity contribution >= 4 is 49.4 Å². The van der Waals surface area contributed by atoms with Crippen molar-refractivity contribution in [3.8, 4) is 11.1 Å². The Morgan fingerprint density at radius 3 is 1.17 bits per heavy atom. The normalized spacial score (nSPS) is 11.4. The lowest BCUT2D eigenvalue weighted by Crippen LogP contribution is -2.09. The molecule has 0 radical (unpaired) electrons. The topological polar surface area (TPSA) is 3.24 Å². The van der Waals surface area contributed by atoms with Crippen molar-refractivity contribution < 1.29 is 0 Å². The third kappa shape index (κ3) is 3.33. The van der Waals surface area contributed by atoms with Crippen LogP contribution in [-0.4, -0.2) is 0 Å². The molecule has 7 rings (SSSR count). The molecule has 0 saturated carbocycles. The molecule has 0 aliphatic heterocycles. The Bertz CT molecular complexity index is 1660. The lowest BCUT2D eigenvalue weighted by Gasteiger charge is -2.26. The molecule has 0 aromatic heterocycles. The monoisotopic (exact) mass is 445 g/mol. The lowest BCUT2D eigenvalue weighted by atomic mass is 9.91. The van der Waals surface area contributed by atoms with Gasteiger partial charge < -0.3 is 4.90 Å². The predicted octanol–water partition coefficient (Wildman–Crippen LogP) is 9.72. The van der Waals surface area contributed by atoms with Crippen LogP contribution in [-0.2, 0) is 0 Å². The van der Waals surface area contributed by atoms with Gasteiger partial charge in [0.15, 0.2) is 0 Å². The fourth-order valence-corrected chi connectivity index (χ4v) is 5.35. The second kappa shape index (κ2) is 8.00. The molecule has 0 N–H and O–H groups in total. The molecule has 0 atom stereocenters. The zero-order chi connectivity index (χ0) is 23.2. The van der Waals surface area contributed by atoms with Crippen LogP contribution in [0, 0.1) is 0 Å². The molecule has 0 bridgehead atoms. The van der Waals surface area contributed by atoms with Crippen molar-refractivity contribution in [1.29, 1.82) is 0 Å². The maximum Gasteiger partial charge on any atom is 0.0473 e. The number of nitrogens with zero attached hydrogens (tertiary/aromatic N) is 1. The number of benzene rings is 7. The van der Waals surface area contributed by atoms with Gasteiger partial charge in [0.05, 0.1) is 0 Å². The van der Waals surface area contributed by atoms with E-state index in [-0.39, 0.29) is 0 Å². The largest absolute Gasteiger partial charge is 0.310 e. The van der Waals surface area contributed by atoms with Crippen molar-refractivity contribution in [1.82, 2.24) is 0 Å². The van der Waals surface area contributed by atoms with E-state index in [1.54, 1.807) is 0 Å². The molecule has 35 heavy (non-hydrogen) atoms. The highest BCUT2D eigenvalue weighted by Crippen LogP contribution is 2.42. The fraction of sp³-hybridized carbons (Fsp3) is 0. The van der Waals surface area contributed by atoms with E-state index in [2.05, 4.69) is 144 Å². The minimum Gasteiger partial charge on any atom is -0.310 e. The van der Waals surface area contributed by atoms with E-state index in [1.165, 1.54) is 49.1 Å². The van der Waals surface area contributed by atoms with Crippen LogP contribution in [0.3, 0.4) is 0 Å². The van der Waals surface area contributed by atoms with Gasteiger partial charge in [-0.05, 0) is 92.0 Å². The van der Waals surface area contributed by atoms with Crippen LogP contribution in [0.4, 0.5) is 17.1 Å². The third-order valence-electron chi connectivity index (χ3n) is 6.91. The molecule has 7 aromatic rings. The summed E-state index contributed by atoms with van der Waals surface area (Å²) in [5, 5.41) is 7.78. The van der Waals surface area contributed by atoms with Crippen LogP contribution >= 0.6 is 0 Å². The van der Waals surface area contributed by atoms with E-state index in [9.17, 15) is 0 Å². The molecule has 0 unspecified atom stereocenters. The Kier molecular flexibility index (Phi) is 4.53. The summed E-state index contributed by atoms with van der Waals surface area (Å²) in [5.74, 6) is 0. The summed E-state index contributed by atoms with van der Waals surface area (Å²) in [7, 11) is 0. The highest BCUT2D eigenvalue weighted by molar-refractivity contribution is 6.24. The summed E-state index contributed by atoms with van der Waals surface area (Å²) in [5.41, 5.74) is 5.98. The Morgan fingerprint density at radius 1 is 0.314 bits per heavy atom. The zero-order valence-corrected chi connectivity index (χ0v) is 19.2. The van der Waals surface area contributed by atoms with Gasteiger partial charge in [0.2, 0.25) is 0 Å². The summed E-state index contributed by atoms with van der Waals surface area (Å²) < 4.78 is 0. The first kappa shape index (κ1) is 19.8. The molecule has 0 amide bonds. The van der Waals surface area contributed by atoms with Crippen LogP contribution in [0.25, 0.3) is 43.4 Å². The first-order valence-electron chi connectivity index (χ1n) is 12.0. The van der Waals surface area contributed by atoms with Crippen molar-refractivity contribution in [3.05, 3.63) is 140 Å². The van der Waals surface area contributed by atoms with Gasteiger partial charge in [-0.2, -0.15) is 0 Å². The average molecular weight is 446 g/mol. The molecular weight excluding hydrogens is 422 g/mol. The number of anilines is 3. The second-order valence-electron chi connectivity index (χ2n) is 9.07. The number of hydrogen-bond acceptors (Lipinski definition) is 1. The lowest BCUT2D eigenvalue weighted by molar-refractivity contribution is 1.29. The second-order valence-corrected chi connectivity index (χ2v) is 9.07. The summed E-state index contributed by atoms with van der Waals surface area (Å²) >= 11 is 0. The first-order chi connectivity index (χ1) is 17.3. The molecule has 164 valence electrons. The Labute approximate surface area is 204 Å². The van der Waals surface area contributed by atoms with Gasteiger partial charge in [-0.3, -0.25) is 0 Å². The Balaban J connectivity index is 1.46. The maximum absolute atomic E-state index is 2.34. The highest BCUT2D eigenvalue weighted by Gasteiger charge is 2.16. The molecule has 1 heteroatoms. The van der Waals surface area contributed by atoms with Gasteiger partial charge in [-0.15, -0.1) is 0 Å². The SMILES string of the molecule is c1ccc(-c2cc3ccc4cc(N(c5ccccc5)c5ccccc5)cc5ccc(c2)c3c45)cc1. The van der Waals surface area contributed by atoms with Crippen LogP contribution in [0.15, 0.2) is 140 Å². The van der Waals surface area contributed by atoms with Gasteiger partial charge in [0.1, 0.15) is 0 Å². The molecule has 0 spiro atoms.